The van der Waals surface area contributed by atoms with Crippen molar-refractivity contribution in [1.29, 1.82) is 0 Å². The predicted octanol–water partition coefficient (Wildman–Crippen LogP) is 3.42. The van der Waals surface area contributed by atoms with Gasteiger partial charge in [-0.1, -0.05) is 6.92 Å². The van der Waals surface area contributed by atoms with Crippen LogP contribution in [-0.4, -0.2) is 31.8 Å². The topological polar surface area (TPSA) is 24.5 Å². The summed E-state index contributed by atoms with van der Waals surface area (Å²) in [6, 6.07) is 3.79. The Labute approximate surface area is 127 Å². The quantitative estimate of drug-likeness (QED) is 0.921. The summed E-state index contributed by atoms with van der Waals surface area (Å²) >= 11 is 0. The van der Waals surface area contributed by atoms with Crippen molar-refractivity contribution in [3.8, 4) is 0 Å². The lowest BCUT2D eigenvalue weighted by atomic mass is 10.0. The molecule has 1 N–H and O–H groups in total. The SMILES string of the molecule is CCNC(C)c1cc(F)c(C)cc1N1CC(C)OC(C)C1. The molecule has 4 heteroatoms. The Morgan fingerprint density at radius 3 is 2.52 bits per heavy atom. The van der Waals surface area contributed by atoms with Crippen LogP contribution in [0.15, 0.2) is 12.1 Å². The largest absolute Gasteiger partial charge is 0.372 e. The minimum Gasteiger partial charge on any atom is -0.372 e. The van der Waals surface area contributed by atoms with Crippen LogP contribution in [0.4, 0.5) is 10.1 Å². The molecule has 0 radical (unpaired) electrons. The fourth-order valence-corrected chi connectivity index (χ4v) is 3.09. The normalized spacial score (nSPS) is 24.2. The number of aryl methyl sites for hydroxylation is 1. The van der Waals surface area contributed by atoms with E-state index in [-0.39, 0.29) is 24.1 Å². The van der Waals surface area contributed by atoms with Gasteiger partial charge in [0.15, 0.2) is 0 Å². The van der Waals surface area contributed by atoms with E-state index >= 15 is 0 Å². The van der Waals surface area contributed by atoms with Gasteiger partial charge in [0.2, 0.25) is 0 Å². The zero-order chi connectivity index (χ0) is 15.6. The second-order valence-corrected chi connectivity index (χ2v) is 6.10. The molecule has 118 valence electrons. The summed E-state index contributed by atoms with van der Waals surface area (Å²) in [5.41, 5.74) is 2.86. The summed E-state index contributed by atoms with van der Waals surface area (Å²) in [7, 11) is 0. The highest BCUT2D eigenvalue weighted by Crippen LogP contribution is 2.31. The van der Waals surface area contributed by atoms with Gasteiger partial charge in [0.05, 0.1) is 12.2 Å². The molecule has 3 atom stereocenters. The number of benzene rings is 1. The highest BCUT2D eigenvalue weighted by Gasteiger charge is 2.25. The molecule has 1 saturated heterocycles. The third-order valence-corrected chi connectivity index (χ3v) is 4.05. The van der Waals surface area contributed by atoms with Crippen LogP contribution in [0.1, 0.15) is 44.9 Å². The van der Waals surface area contributed by atoms with Crippen LogP contribution in [0.5, 0.6) is 0 Å². The molecule has 3 nitrogen and oxygen atoms in total. The first-order valence-corrected chi connectivity index (χ1v) is 7.86. The van der Waals surface area contributed by atoms with E-state index in [1.807, 2.05) is 13.0 Å². The average molecular weight is 294 g/mol. The van der Waals surface area contributed by atoms with Crippen molar-refractivity contribution in [2.45, 2.75) is 52.9 Å². The number of nitrogens with one attached hydrogen (secondary N) is 1. The summed E-state index contributed by atoms with van der Waals surface area (Å²) in [4.78, 5) is 2.33. The van der Waals surface area contributed by atoms with Gasteiger partial charge in [-0.25, -0.2) is 4.39 Å². The van der Waals surface area contributed by atoms with Crippen molar-refractivity contribution in [3.63, 3.8) is 0 Å². The van der Waals surface area contributed by atoms with E-state index in [9.17, 15) is 4.39 Å². The van der Waals surface area contributed by atoms with Gasteiger partial charge in [-0.2, -0.15) is 0 Å². The maximum absolute atomic E-state index is 14.0. The second kappa shape index (κ2) is 6.75. The molecule has 0 spiro atoms. The van der Waals surface area contributed by atoms with Gasteiger partial charge >= 0.3 is 0 Å². The van der Waals surface area contributed by atoms with E-state index in [1.54, 1.807) is 6.07 Å². The number of rotatable bonds is 4. The van der Waals surface area contributed by atoms with Gasteiger partial charge in [0, 0.05) is 24.8 Å². The number of anilines is 1. The van der Waals surface area contributed by atoms with Crippen molar-refractivity contribution < 1.29 is 9.13 Å². The van der Waals surface area contributed by atoms with Gasteiger partial charge < -0.3 is 15.0 Å². The number of hydrogen-bond acceptors (Lipinski definition) is 3. The third kappa shape index (κ3) is 3.74. The third-order valence-electron chi connectivity index (χ3n) is 4.05. The van der Waals surface area contributed by atoms with E-state index in [2.05, 4.69) is 37.9 Å². The van der Waals surface area contributed by atoms with Crippen LogP contribution >= 0.6 is 0 Å². The molecule has 0 aromatic heterocycles. The van der Waals surface area contributed by atoms with Crippen LogP contribution in [0.2, 0.25) is 0 Å². The molecule has 3 unspecified atom stereocenters. The maximum Gasteiger partial charge on any atom is 0.126 e. The van der Waals surface area contributed by atoms with E-state index in [0.717, 1.165) is 30.9 Å². The molecular weight excluding hydrogens is 267 g/mol. The van der Waals surface area contributed by atoms with Crippen LogP contribution in [-0.2, 0) is 4.74 Å². The number of hydrogen-bond donors (Lipinski definition) is 1. The standard InChI is InChI=1S/C17H27FN2O/c1-6-19-14(5)15-8-16(18)11(2)7-17(15)20-9-12(3)21-13(4)10-20/h7-8,12-14,19H,6,9-10H2,1-5H3. The Balaban J connectivity index is 2.38. The zero-order valence-corrected chi connectivity index (χ0v) is 13.7. The van der Waals surface area contributed by atoms with E-state index in [1.165, 1.54) is 0 Å². The van der Waals surface area contributed by atoms with E-state index in [4.69, 9.17) is 4.74 Å². The number of morpholine rings is 1. The van der Waals surface area contributed by atoms with E-state index < -0.39 is 0 Å². The number of nitrogens with zero attached hydrogens (tertiary/aromatic N) is 1. The lowest BCUT2D eigenvalue weighted by Crippen LogP contribution is -2.46. The van der Waals surface area contributed by atoms with Crippen LogP contribution < -0.4 is 10.2 Å². The molecule has 0 bridgehead atoms. The van der Waals surface area contributed by atoms with Gasteiger partial charge in [-0.3, -0.25) is 0 Å². The van der Waals surface area contributed by atoms with Gasteiger partial charge in [0.25, 0.3) is 0 Å². The van der Waals surface area contributed by atoms with Crippen molar-refractivity contribution in [2.24, 2.45) is 0 Å². The molecule has 0 saturated carbocycles. The maximum atomic E-state index is 14.0. The first-order chi connectivity index (χ1) is 9.92. The molecule has 1 aliphatic heterocycles. The van der Waals surface area contributed by atoms with Crippen molar-refractivity contribution in [3.05, 3.63) is 29.1 Å². The van der Waals surface area contributed by atoms with Gasteiger partial charge in [0.1, 0.15) is 5.82 Å². The van der Waals surface area contributed by atoms with Gasteiger partial charge in [-0.05, 0) is 57.5 Å². The first kappa shape index (κ1) is 16.2. The molecule has 1 aliphatic rings. The second-order valence-electron chi connectivity index (χ2n) is 6.10. The molecule has 1 heterocycles. The molecule has 1 aromatic rings. The predicted molar refractivity (Wildman–Crippen MR) is 85.5 cm³/mol. The van der Waals surface area contributed by atoms with Crippen LogP contribution in [0.3, 0.4) is 0 Å². The first-order valence-electron chi connectivity index (χ1n) is 7.86. The summed E-state index contributed by atoms with van der Waals surface area (Å²) in [5, 5.41) is 3.39. The number of ether oxygens (including phenoxy) is 1. The highest BCUT2D eigenvalue weighted by atomic mass is 19.1. The monoisotopic (exact) mass is 294 g/mol. The molecule has 2 rings (SSSR count). The lowest BCUT2D eigenvalue weighted by molar-refractivity contribution is -0.00529. The number of halogens is 1. The average Bonchev–Trinajstić information content (AvgIpc) is 2.40. The summed E-state index contributed by atoms with van der Waals surface area (Å²) in [6.07, 6.45) is 0.391. The lowest BCUT2D eigenvalue weighted by Gasteiger charge is -2.38. The summed E-state index contributed by atoms with van der Waals surface area (Å²) in [6.45, 7) is 12.7. The molecular formula is C17H27FN2O. The Morgan fingerprint density at radius 1 is 1.33 bits per heavy atom. The zero-order valence-electron chi connectivity index (χ0n) is 13.7. The molecule has 0 amide bonds. The highest BCUT2D eigenvalue weighted by molar-refractivity contribution is 5.57. The summed E-state index contributed by atoms with van der Waals surface area (Å²) < 4.78 is 19.8. The molecule has 1 fully saturated rings. The Hall–Kier alpha value is -1.13. The summed E-state index contributed by atoms with van der Waals surface area (Å²) in [5.74, 6) is -0.132. The fraction of sp³-hybridized carbons (Fsp3) is 0.647. The molecule has 1 aromatic carbocycles. The van der Waals surface area contributed by atoms with Crippen LogP contribution in [0.25, 0.3) is 0 Å². The Morgan fingerprint density at radius 2 is 1.95 bits per heavy atom. The Kier molecular flexibility index (Phi) is 5.22. The minimum absolute atomic E-state index is 0.132. The van der Waals surface area contributed by atoms with Gasteiger partial charge in [-0.15, -0.1) is 0 Å². The molecule has 21 heavy (non-hydrogen) atoms. The van der Waals surface area contributed by atoms with Crippen molar-refractivity contribution in [2.75, 3.05) is 24.5 Å². The van der Waals surface area contributed by atoms with Crippen LogP contribution in [0, 0.1) is 12.7 Å². The van der Waals surface area contributed by atoms with Crippen molar-refractivity contribution in [1.82, 2.24) is 5.32 Å². The van der Waals surface area contributed by atoms with E-state index in [0.29, 0.717) is 5.56 Å². The minimum atomic E-state index is -0.132. The smallest absolute Gasteiger partial charge is 0.126 e. The molecule has 0 aliphatic carbocycles. The van der Waals surface area contributed by atoms with Crippen molar-refractivity contribution >= 4 is 5.69 Å². The fourth-order valence-electron chi connectivity index (χ4n) is 3.09. The Bertz CT molecular complexity index is 482.